The van der Waals surface area contributed by atoms with Gasteiger partial charge in [0, 0.05) is 43.0 Å². The Morgan fingerprint density at radius 2 is 1.57 bits per heavy atom. The Morgan fingerprint density at radius 1 is 0.905 bits per heavy atom. The van der Waals surface area contributed by atoms with E-state index in [1.807, 2.05) is 0 Å². The molecule has 0 aliphatic carbocycles. The van der Waals surface area contributed by atoms with Gasteiger partial charge in [0.1, 0.15) is 0 Å². The fourth-order valence-corrected chi connectivity index (χ4v) is 3.91. The molecule has 2 heterocycles. The molecule has 16 heteroatoms. The lowest BCUT2D eigenvalue weighted by atomic mass is 10.1. The van der Waals surface area contributed by atoms with Gasteiger partial charge in [-0.2, -0.15) is 41.3 Å². The Morgan fingerprint density at radius 3 is 2.19 bits per heavy atom. The topological polar surface area (TPSA) is 110 Å². The van der Waals surface area contributed by atoms with Crippen LogP contribution in [0.5, 0.6) is 6.01 Å². The maximum Gasteiger partial charge on any atom is 0.422 e. The van der Waals surface area contributed by atoms with Gasteiger partial charge in [0.25, 0.3) is 5.91 Å². The fraction of sp³-hybridized carbons (Fsp3) is 0.346. The predicted molar refractivity (Wildman–Crippen MR) is 136 cm³/mol. The Hall–Kier alpha value is -4.63. The van der Waals surface area contributed by atoms with Crippen LogP contribution >= 0.6 is 0 Å². The molecule has 1 aromatic heterocycles. The van der Waals surface area contributed by atoms with Crippen LogP contribution in [0.1, 0.15) is 22.8 Å². The van der Waals surface area contributed by atoms with Gasteiger partial charge in [0.05, 0.1) is 12.2 Å². The number of hydrogen-bond acceptors (Lipinski definition) is 8. The number of carbonyl (C=O) groups excluding carboxylic acids is 2. The molecule has 2 aromatic carbocycles. The van der Waals surface area contributed by atoms with Gasteiger partial charge in [-0.25, -0.2) is 4.79 Å². The summed E-state index contributed by atoms with van der Waals surface area (Å²) in [5.41, 5.74) is -0.469. The zero-order valence-corrected chi connectivity index (χ0v) is 22.0. The maximum atomic E-state index is 13.1. The highest BCUT2D eigenvalue weighted by atomic mass is 19.4. The molecule has 10 nitrogen and oxygen atoms in total. The van der Waals surface area contributed by atoms with Crippen molar-refractivity contribution in [3.63, 3.8) is 0 Å². The molecule has 0 spiro atoms. The molecule has 224 valence electrons. The smallest absolute Gasteiger partial charge is 0.422 e. The predicted octanol–water partition coefficient (Wildman–Crippen LogP) is 5.16. The van der Waals surface area contributed by atoms with Crippen molar-refractivity contribution < 1.29 is 45.4 Å². The summed E-state index contributed by atoms with van der Waals surface area (Å²) in [6, 6.07) is 9.20. The van der Waals surface area contributed by atoms with Crippen LogP contribution in [0, 0.1) is 0 Å². The molecule has 0 bridgehead atoms. The quantitative estimate of drug-likeness (QED) is 0.372. The highest BCUT2D eigenvalue weighted by molar-refractivity contribution is 5.94. The summed E-state index contributed by atoms with van der Waals surface area (Å²) in [5.74, 6) is -0.823. The molecule has 1 fully saturated rings. The minimum absolute atomic E-state index is 0.0762. The summed E-state index contributed by atoms with van der Waals surface area (Å²) in [5, 5.41) is 2.53. The van der Waals surface area contributed by atoms with Gasteiger partial charge in [-0.1, -0.05) is 18.2 Å². The van der Waals surface area contributed by atoms with E-state index in [0.717, 1.165) is 18.2 Å². The van der Waals surface area contributed by atoms with Crippen molar-refractivity contribution in [3.05, 3.63) is 59.7 Å². The van der Waals surface area contributed by atoms with Crippen molar-refractivity contribution in [2.24, 2.45) is 0 Å². The Bertz CT molecular complexity index is 1410. The number of nitrogens with zero attached hydrogens (tertiary/aromatic N) is 5. The minimum atomic E-state index is -4.70. The van der Waals surface area contributed by atoms with E-state index in [1.165, 1.54) is 35.2 Å². The van der Waals surface area contributed by atoms with Crippen molar-refractivity contribution >= 4 is 23.6 Å². The molecule has 0 atom stereocenters. The van der Waals surface area contributed by atoms with Crippen LogP contribution in [0.25, 0.3) is 11.4 Å². The van der Waals surface area contributed by atoms with Crippen LogP contribution in [0.2, 0.25) is 0 Å². The number of ether oxygens (including phenoxy) is 2. The van der Waals surface area contributed by atoms with Crippen molar-refractivity contribution in [1.82, 2.24) is 24.8 Å². The summed E-state index contributed by atoms with van der Waals surface area (Å²) >= 11 is 0. The number of hydrogen-bond donors (Lipinski definition) is 1. The van der Waals surface area contributed by atoms with Crippen LogP contribution in [0.15, 0.2) is 48.5 Å². The van der Waals surface area contributed by atoms with Crippen LogP contribution in [0.4, 0.5) is 42.8 Å². The van der Waals surface area contributed by atoms with E-state index in [0.29, 0.717) is 18.7 Å². The van der Waals surface area contributed by atoms with Gasteiger partial charge in [-0.15, -0.1) is 0 Å². The van der Waals surface area contributed by atoms with Crippen molar-refractivity contribution in [2.45, 2.75) is 19.3 Å². The number of benzene rings is 2. The second kappa shape index (κ2) is 12.5. The molecule has 2 amide bonds. The van der Waals surface area contributed by atoms with E-state index >= 15 is 0 Å². The van der Waals surface area contributed by atoms with Gasteiger partial charge in [-0.3, -0.25) is 4.79 Å². The number of nitrogens with one attached hydrogen (secondary N) is 1. The number of aromatic nitrogens is 3. The lowest BCUT2D eigenvalue weighted by Crippen LogP contribution is -2.50. The lowest BCUT2D eigenvalue weighted by molar-refractivity contribution is -0.154. The summed E-state index contributed by atoms with van der Waals surface area (Å²) < 4.78 is 87.2. The molecule has 1 aliphatic heterocycles. The number of piperazine rings is 1. The Labute approximate surface area is 235 Å². The molecule has 1 saturated heterocycles. The first kappa shape index (κ1) is 30.3. The highest BCUT2D eigenvalue weighted by Gasteiger charge is 2.31. The van der Waals surface area contributed by atoms with E-state index in [2.05, 4.69) is 25.0 Å². The number of carbonyl (C=O) groups is 2. The monoisotopic (exact) mass is 598 g/mol. The standard InChI is InChI=1S/C26H24F6N6O4/c1-2-41-24(40)38-12-10-37(11-13-38)21(39)17-8-6-16(7-9-17)20-34-22(36-23(35-20)42-15-25(27,28)29)33-19-5-3-4-18(14-19)26(30,31)32/h3-9,14H,2,10-13,15H2,1H3,(H,33,34,35,36). The van der Waals surface area contributed by atoms with Gasteiger partial charge in [0.2, 0.25) is 5.95 Å². The third-order valence-electron chi connectivity index (χ3n) is 5.91. The van der Waals surface area contributed by atoms with E-state index in [9.17, 15) is 35.9 Å². The van der Waals surface area contributed by atoms with Crippen molar-refractivity contribution in [1.29, 1.82) is 0 Å². The number of alkyl halides is 6. The summed E-state index contributed by atoms with van der Waals surface area (Å²) in [7, 11) is 0. The Kier molecular flexibility index (Phi) is 9.02. The van der Waals surface area contributed by atoms with Crippen LogP contribution in [-0.4, -0.2) is 82.3 Å². The van der Waals surface area contributed by atoms with Crippen LogP contribution in [0.3, 0.4) is 0 Å². The van der Waals surface area contributed by atoms with Gasteiger partial charge in [-0.05, 0) is 37.3 Å². The second-order valence-corrected chi connectivity index (χ2v) is 8.93. The second-order valence-electron chi connectivity index (χ2n) is 8.93. The minimum Gasteiger partial charge on any atom is -0.454 e. The van der Waals surface area contributed by atoms with E-state index in [-0.39, 0.29) is 48.6 Å². The van der Waals surface area contributed by atoms with E-state index in [1.54, 1.807) is 11.8 Å². The summed E-state index contributed by atoms with van der Waals surface area (Å²) in [6.45, 7) is 1.41. The van der Waals surface area contributed by atoms with Crippen LogP contribution in [-0.2, 0) is 10.9 Å². The zero-order valence-electron chi connectivity index (χ0n) is 22.0. The molecule has 0 unspecified atom stereocenters. The number of amides is 2. The zero-order chi connectivity index (χ0) is 30.5. The van der Waals surface area contributed by atoms with Crippen LogP contribution < -0.4 is 10.1 Å². The fourth-order valence-electron chi connectivity index (χ4n) is 3.91. The van der Waals surface area contributed by atoms with E-state index in [4.69, 9.17) is 4.74 Å². The first-order chi connectivity index (χ1) is 19.8. The summed E-state index contributed by atoms with van der Waals surface area (Å²) in [6.07, 6.45) is -9.78. The average molecular weight is 599 g/mol. The molecule has 0 saturated carbocycles. The SMILES string of the molecule is CCOC(=O)N1CCN(C(=O)c2ccc(-c3nc(Nc4cccc(C(F)(F)F)c4)nc(OCC(F)(F)F)n3)cc2)CC1. The Balaban J connectivity index is 1.54. The molecule has 1 N–H and O–H groups in total. The maximum absolute atomic E-state index is 13.1. The summed E-state index contributed by atoms with van der Waals surface area (Å²) in [4.78, 5) is 39.7. The molecule has 4 rings (SSSR count). The number of halogens is 6. The molecule has 42 heavy (non-hydrogen) atoms. The highest BCUT2D eigenvalue weighted by Crippen LogP contribution is 2.31. The number of anilines is 2. The van der Waals surface area contributed by atoms with Crippen molar-refractivity contribution in [2.75, 3.05) is 44.7 Å². The molecule has 0 radical (unpaired) electrons. The normalized spacial score (nSPS) is 14.0. The molecule has 3 aromatic rings. The molecular formula is C26H24F6N6O4. The largest absolute Gasteiger partial charge is 0.454 e. The third-order valence-corrected chi connectivity index (χ3v) is 5.91. The third kappa shape index (κ3) is 7.98. The molecular weight excluding hydrogens is 574 g/mol. The first-order valence-corrected chi connectivity index (χ1v) is 12.5. The van der Waals surface area contributed by atoms with Gasteiger partial charge >= 0.3 is 24.5 Å². The molecule has 1 aliphatic rings. The number of rotatable bonds is 7. The van der Waals surface area contributed by atoms with Gasteiger partial charge in [0.15, 0.2) is 12.4 Å². The average Bonchev–Trinajstić information content (AvgIpc) is 2.95. The van der Waals surface area contributed by atoms with Crippen molar-refractivity contribution in [3.8, 4) is 17.4 Å². The van der Waals surface area contributed by atoms with E-state index < -0.39 is 36.6 Å². The van der Waals surface area contributed by atoms with Gasteiger partial charge < -0.3 is 24.6 Å². The first-order valence-electron chi connectivity index (χ1n) is 12.5. The lowest BCUT2D eigenvalue weighted by Gasteiger charge is -2.34.